The number of ketones is 1. The summed E-state index contributed by atoms with van der Waals surface area (Å²) in [5.41, 5.74) is 5.98. The molecule has 36 heavy (non-hydrogen) atoms. The molecule has 0 radical (unpaired) electrons. The molecule has 0 amide bonds. The fourth-order valence-corrected chi connectivity index (χ4v) is 5.29. The van der Waals surface area contributed by atoms with E-state index in [1.807, 2.05) is 112 Å². The Morgan fingerprint density at radius 2 is 1.31 bits per heavy atom. The van der Waals surface area contributed by atoms with Gasteiger partial charge in [-0.05, 0) is 50.6 Å². The van der Waals surface area contributed by atoms with Crippen LogP contribution in [0.4, 0.5) is 0 Å². The van der Waals surface area contributed by atoms with Crippen LogP contribution >= 0.6 is 11.8 Å². The van der Waals surface area contributed by atoms with Gasteiger partial charge in [-0.3, -0.25) is 14.2 Å². The van der Waals surface area contributed by atoms with Crippen molar-refractivity contribution in [1.82, 2.24) is 9.55 Å². The molecule has 1 heterocycles. The Balaban J connectivity index is 1.69. The Labute approximate surface area is 214 Å². The molecule has 0 aliphatic carbocycles. The van der Waals surface area contributed by atoms with Crippen LogP contribution in [-0.2, 0) is 0 Å². The number of hydrogen-bond acceptors (Lipinski definition) is 4. The van der Waals surface area contributed by atoms with Gasteiger partial charge in [0.1, 0.15) is 5.25 Å². The summed E-state index contributed by atoms with van der Waals surface area (Å²) in [6, 6.07) is 30.7. The Morgan fingerprint density at radius 3 is 1.94 bits per heavy atom. The molecule has 4 aromatic carbocycles. The van der Waals surface area contributed by atoms with Crippen LogP contribution in [0.1, 0.15) is 37.9 Å². The normalized spacial score (nSPS) is 12.0. The van der Waals surface area contributed by atoms with E-state index in [4.69, 9.17) is 4.98 Å². The summed E-state index contributed by atoms with van der Waals surface area (Å²) in [5.74, 6) is -0.0262. The molecular weight excluding hydrogens is 464 g/mol. The predicted octanol–water partition coefficient (Wildman–Crippen LogP) is 7.03. The van der Waals surface area contributed by atoms with Crippen molar-refractivity contribution < 1.29 is 4.79 Å². The maximum absolute atomic E-state index is 13.9. The predicted molar refractivity (Wildman–Crippen MR) is 147 cm³/mol. The molecule has 0 fully saturated rings. The monoisotopic (exact) mass is 490 g/mol. The van der Waals surface area contributed by atoms with Crippen molar-refractivity contribution >= 4 is 28.4 Å². The van der Waals surface area contributed by atoms with Gasteiger partial charge >= 0.3 is 0 Å². The summed E-state index contributed by atoms with van der Waals surface area (Å²) >= 11 is 1.31. The third kappa shape index (κ3) is 4.75. The zero-order valence-corrected chi connectivity index (χ0v) is 21.3. The number of fused-ring (bicyclic) bond motifs is 1. The topological polar surface area (TPSA) is 52.0 Å². The number of para-hydroxylation sites is 1. The van der Waals surface area contributed by atoms with Crippen LogP contribution < -0.4 is 5.56 Å². The maximum Gasteiger partial charge on any atom is 0.266 e. The standard InChI is InChI=1S/C31H26N2O2S/c1-20-8-14-23(15-9-20)28(34)29(24-16-10-21(2)11-17-24)36-31-32-27-7-5-4-6-26(27)30(35)33(31)25-18-12-22(3)13-19-25/h4-19,29H,1-3H3. The highest BCUT2D eigenvalue weighted by molar-refractivity contribution is 8.00. The van der Waals surface area contributed by atoms with Crippen molar-refractivity contribution in [1.29, 1.82) is 0 Å². The van der Waals surface area contributed by atoms with E-state index in [2.05, 4.69) is 0 Å². The van der Waals surface area contributed by atoms with Crippen molar-refractivity contribution in [3.8, 4) is 5.69 Å². The minimum Gasteiger partial charge on any atom is -0.293 e. The molecule has 5 rings (SSSR count). The molecule has 0 aliphatic rings. The molecule has 0 saturated carbocycles. The van der Waals surface area contributed by atoms with Gasteiger partial charge in [0, 0.05) is 5.56 Å². The average Bonchev–Trinajstić information content (AvgIpc) is 2.89. The SMILES string of the molecule is Cc1ccc(C(=O)C(Sc2nc3ccccc3c(=O)n2-c2ccc(C)cc2)c2ccc(C)cc2)cc1. The van der Waals surface area contributed by atoms with E-state index in [9.17, 15) is 9.59 Å². The van der Waals surface area contributed by atoms with Gasteiger partial charge in [-0.15, -0.1) is 0 Å². The second-order valence-electron chi connectivity index (χ2n) is 9.03. The molecule has 1 atom stereocenters. The van der Waals surface area contributed by atoms with E-state index in [0.29, 0.717) is 21.6 Å². The van der Waals surface area contributed by atoms with Crippen molar-refractivity contribution in [2.24, 2.45) is 0 Å². The first-order chi connectivity index (χ1) is 17.4. The zero-order chi connectivity index (χ0) is 25.2. The fourth-order valence-electron chi connectivity index (χ4n) is 4.10. The van der Waals surface area contributed by atoms with Crippen LogP contribution in [0.5, 0.6) is 0 Å². The molecule has 4 nitrogen and oxygen atoms in total. The number of nitrogens with zero attached hydrogens (tertiary/aromatic N) is 2. The Hall–Kier alpha value is -3.96. The van der Waals surface area contributed by atoms with E-state index in [-0.39, 0.29) is 11.3 Å². The van der Waals surface area contributed by atoms with Crippen molar-refractivity contribution in [2.45, 2.75) is 31.2 Å². The minimum atomic E-state index is -0.571. The molecule has 0 aliphatic heterocycles. The highest BCUT2D eigenvalue weighted by Crippen LogP contribution is 2.38. The van der Waals surface area contributed by atoms with Gasteiger partial charge in [-0.1, -0.05) is 101 Å². The number of rotatable bonds is 6. The first kappa shape index (κ1) is 23.8. The second-order valence-corrected chi connectivity index (χ2v) is 10.1. The smallest absolute Gasteiger partial charge is 0.266 e. The lowest BCUT2D eigenvalue weighted by Crippen LogP contribution is -2.23. The average molecular weight is 491 g/mol. The highest BCUT2D eigenvalue weighted by Gasteiger charge is 2.26. The van der Waals surface area contributed by atoms with Gasteiger partial charge in [0.25, 0.3) is 5.56 Å². The third-order valence-corrected chi connectivity index (χ3v) is 7.42. The molecule has 178 valence electrons. The molecule has 5 aromatic rings. The molecule has 0 bridgehead atoms. The number of thioether (sulfide) groups is 1. The second kappa shape index (κ2) is 9.96. The van der Waals surface area contributed by atoms with Gasteiger partial charge < -0.3 is 0 Å². The Morgan fingerprint density at radius 1 is 0.750 bits per heavy atom. The number of benzene rings is 4. The number of hydrogen-bond donors (Lipinski definition) is 0. The molecule has 0 spiro atoms. The molecule has 0 N–H and O–H groups in total. The number of carbonyl (C=O) groups excluding carboxylic acids is 1. The first-order valence-electron chi connectivity index (χ1n) is 11.8. The molecular formula is C31H26N2O2S. The summed E-state index contributed by atoms with van der Waals surface area (Å²) in [6.07, 6.45) is 0. The first-order valence-corrected chi connectivity index (χ1v) is 12.7. The van der Waals surface area contributed by atoms with E-state index in [1.165, 1.54) is 11.8 Å². The number of carbonyl (C=O) groups is 1. The molecule has 5 heteroatoms. The van der Waals surface area contributed by atoms with Crippen LogP contribution in [0, 0.1) is 20.8 Å². The van der Waals surface area contributed by atoms with Crippen LogP contribution in [0.25, 0.3) is 16.6 Å². The van der Waals surface area contributed by atoms with Crippen LogP contribution in [0.2, 0.25) is 0 Å². The van der Waals surface area contributed by atoms with E-state index in [0.717, 1.165) is 27.9 Å². The van der Waals surface area contributed by atoms with Crippen molar-refractivity contribution in [3.63, 3.8) is 0 Å². The lowest BCUT2D eigenvalue weighted by atomic mass is 10.0. The van der Waals surface area contributed by atoms with E-state index < -0.39 is 5.25 Å². The maximum atomic E-state index is 13.9. The number of aromatic nitrogens is 2. The number of Topliss-reactive ketones (excluding diaryl/α,β-unsaturated/α-hetero) is 1. The van der Waals surface area contributed by atoms with Crippen molar-refractivity contribution in [3.05, 3.63) is 135 Å². The van der Waals surface area contributed by atoms with Crippen LogP contribution in [-0.4, -0.2) is 15.3 Å². The molecule has 0 saturated heterocycles. The summed E-state index contributed by atoms with van der Waals surface area (Å²) in [6.45, 7) is 6.03. The quantitative estimate of drug-likeness (QED) is 0.146. The van der Waals surface area contributed by atoms with Gasteiger partial charge in [0.2, 0.25) is 0 Å². The number of aryl methyl sites for hydroxylation is 3. The minimum absolute atomic E-state index is 0.0262. The van der Waals surface area contributed by atoms with Crippen LogP contribution in [0.3, 0.4) is 0 Å². The zero-order valence-electron chi connectivity index (χ0n) is 20.4. The Bertz CT molecular complexity index is 1600. The third-order valence-electron chi connectivity index (χ3n) is 6.21. The fraction of sp³-hybridized carbons (Fsp3) is 0.129. The lowest BCUT2D eigenvalue weighted by molar-refractivity contribution is 0.0989. The van der Waals surface area contributed by atoms with Gasteiger partial charge in [0.05, 0.1) is 16.6 Å². The van der Waals surface area contributed by atoms with E-state index in [1.54, 1.807) is 10.6 Å². The molecule has 1 aromatic heterocycles. The lowest BCUT2D eigenvalue weighted by Gasteiger charge is -2.19. The van der Waals surface area contributed by atoms with Gasteiger partial charge in [-0.25, -0.2) is 4.98 Å². The summed E-state index contributed by atoms with van der Waals surface area (Å²) in [7, 11) is 0. The Kier molecular flexibility index (Phi) is 6.57. The summed E-state index contributed by atoms with van der Waals surface area (Å²) < 4.78 is 1.62. The van der Waals surface area contributed by atoms with Crippen molar-refractivity contribution in [2.75, 3.05) is 0 Å². The van der Waals surface area contributed by atoms with Gasteiger partial charge in [-0.2, -0.15) is 0 Å². The van der Waals surface area contributed by atoms with Crippen LogP contribution in [0.15, 0.2) is 107 Å². The van der Waals surface area contributed by atoms with Gasteiger partial charge in [0.15, 0.2) is 10.9 Å². The highest BCUT2D eigenvalue weighted by atomic mass is 32.2. The summed E-state index contributed by atoms with van der Waals surface area (Å²) in [5, 5.41) is 0.450. The molecule has 1 unspecified atom stereocenters. The largest absolute Gasteiger partial charge is 0.293 e. The summed E-state index contributed by atoms with van der Waals surface area (Å²) in [4.78, 5) is 32.4. The van der Waals surface area contributed by atoms with E-state index >= 15 is 0 Å².